The van der Waals surface area contributed by atoms with Crippen LogP contribution < -0.4 is 0 Å². The highest BCUT2D eigenvalue weighted by atomic mass is 16.5. The van der Waals surface area contributed by atoms with Gasteiger partial charge in [-0.05, 0) is 6.42 Å². The summed E-state index contributed by atoms with van der Waals surface area (Å²) in [6, 6.07) is 0. The summed E-state index contributed by atoms with van der Waals surface area (Å²) in [7, 11) is 0. The van der Waals surface area contributed by atoms with Crippen LogP contribution in [0.25, 0.3) is 0 Å². The molecule has 1 radical (unpaired) electrons. The van der Waals surface area contributed by atoms with E-state index < -0.39 is 0 Å². The van der Waals surface area contributed by atoms with Gasteiger partial charge in [0, 0.05) is 12.8 Å². The second kappa shape index (κ2) is 2.62. The van der Waals surface area contributed by atoms with Crippen LogP contribution in [0, 0.1) is 6.61 Å². The molecule has 9 heavy (non-hydrogen) atoms. The molecule has 1 saturated heterocycles. The largest absolute Gasteiger partial charge is 0.450 e. The first-order chi connectivity index (χ1) is 4.29. The number of ketones is 1. The SMILES string of the molecule is O=C1[CH]OC(=O)CCC1. The minimum absolute atomic E-state index is 0.0964. The van der Waals surface area contributed by atoms with Crippen LogP contribution in [0.15, 0.2) is 0 Å². The van der Waals surface area contributed by atoms with Crippen LogP contribution in [0.5, 0.6) is 0 Å². The monoisotopic (exact) mass is 127 g/mol. The Labute approximate surface area is 53.0 Å². The zero-order chi connectivity index (χ0) is 6.69. The van der Waals surface area contributed by atoms with Gasteiger partial charge in [0.25, 0.3) is 0 Å². The van der Waals surface area contributed by atoms with Gasteiger partial charge in [0.1, 0.15) is 0 Å². The van der Waals surface area contributed by atoms with E-state index in [1.54, 1.807) is 0 Å². The maximum absolute atomic E-state index is 10.5. The van der Waals surface area contributed by atoms with Gasteiger partial charge in [-0.25, -0.2) is 0 Å². The highest BCUT2D eigenvalue weighted by Gasteiger charge is 2.13. The minimum Gasteiger partial charge on any atom is -0.450 e. The summed E-state index contributed by atoms with van der Waals surface area (Å²) in [4.78, 5) is 20.9. The van der Waals surface area contributed by atoms with Crippen molar-refractivity contribution in [3.8, 4) is 0 Å². The lowest BCUT2D eigenvalue weighted by molar-refractivity contribution is -0.141. The van der Waals surface area contributed by atoms with E-state index >= 15 is 0 Å². The fourth-order valence-corrected chi connectivity index (χ4v) is 0.656. The van der Waals surface area contributed by atoms with Crippen LogP contribution in [0.1, 0.15) is 19.3 Å². The van der Waals surface area contributed by atoms with Crippen LogP contribution in [-0.4, -0.2) is 11.8 Å². The van der Waals surface area contributed by atoms with Gasteiger partial charge in [-0.3, -0.25) is 9.59 Å². The Morgan fingerprint density at radius 2 is 2.11 bits per heavy atom. The number of esters is 1. The second-order valence-corrected chi connectivity index (χ2v) is 1.93. The van der Waals surface area contributed by atoms with Gasteiger partial charge in [-0.15, -0.1) is 0 Å². The first kappa shape index (κ1) is 6.26. The number of hydrogen-bond acceptors (Lipinski definition) is 3. The van der Waals surface area contributed by atoms with E-state index in [9.17, 15) is 9.59 Å². The quantitative estimate of drug-likeness (QED) is 0.443. The van der Waals surface area contributed by atoms with Gasteiger partial charge in [0.05, 0.1) is 0 Å². The summed E-state index contributed by atoms with van der Waals surface area (Å²) >= 11 is 0. The van der Waals surface area contributed by atoms with Gasteiger partial charge in [0.2, 0.25) is 6.61 Å². The Balaban J connectivity index is 2.43. The number of rotatable bonds is 0. The molecular formula is C6H7O3. The lowest BCUT2D eigenvalue weighted by Gasteiger charge is -1.92. The molecule has 3 heteroatoms. The van der Waals surface area contributed by atoms with E-state index in [2.05, 4.69) is 4.74 Å². The molecule has 1 aliphatic rings. The van der Waals surface area contributed by atoms with Crippen molar-refractivity contribution in [2.45, 2.75) is 19.3 Å². The number of carbonyl (C=O) groups excluding carboxylic acids is 2. The molecule has 0 amide bonds. The highest BCUT2D eigenvalue weighted by molar-refractivity contribution is 5.89. The predicted octanol–water partition coefficient (Wildman–Crippen LogP) is 0.444. The van der Waals surface area contributed by atoms with Gasteiger partial charge in [-0.2, -0.15) is 0 Å². The Morgan fingerprint density at radius 3 is 2.89 bits per heavy atom. The van der Waals surface area contributed by atoms with Crippen LogP contribution in [0.4, 0.5) is 0 Å². The third-order valence-corrected chi connectivity index (χ3v) is 1.13. The zero-order valence-corrected chi connectivity index (χ0v) is 4.92. The lowest BCUT2D eigenvalue weighted by Crippen LogP contribution is -2.00. The number of Topliss-reactive ketones (excluding diaryl/α,β-unsaturated/α-hetero) is 1. The van der Waals surface area contributed by atoms with Gasteiger partial charge in [-0.1, -0.05) is 0 Å². The van der Waals surface area contributed by atoms with E-state index in [0.29, 0.717) is 19.3 Å². The topological polar surface area (TPSA) is 43.4 Å². The highest BCUT2D eigenvalue weighted by Crippen LogP contribution is 2.06. The zero-order valence-electron chi connectivity index (χ0n) is 4.92. The lowest BCUT2D eigenvalue weighted by atomic mass is 10.2. The summed E-state index contributed by atoms with van der Waals surface area (Å²) < 4.78 is 4.40. The molecule has 0 bridgehead atoms. The molecule has 0 aromatic rings. The Morgan fingerprint density at radius 1 is 1.33 bits per heavy atom. The first-order valence-electron chi connectivity index (χ1n) is 2.84. The van der Waals surface area contributed by atoms with Crippen LogP contribution in [0.3, 0.4) is 0 Å². The molecule has 0 unspecified atom stereocenters. The van der Waals surface area contributed by atoms with Crippen molar-refractivity contribution in [3.05, 3.63) is 6.61 Å². The fourth-order valence-electron chi connectivity index (χ4n) is 0.656. The molecule has 0 aromatic heterocycles. The molecule has 3 nitrogen and oxygen atoms in total. The molecule has 49 valence electrons. The van der Waals surface area contributed by atoms with Crippen molar-refractivity contribution in [1.29, 1.82) is 0 Å². The van der Waals surface area contributed by atoms with E-state index in [4.69, 9.17) is 0 Å². The maximum Gasteiger partial charge on any atom is 0.306 e. The maximum atomic E-state index is 10.5. The molecule has 0 aliphatic carbocycles. The molecule has 1 fully saturated rings. The smallest absolute Gasteiger partial charge is 0.306 e. The van der Waals surface area contributed by atoms with Gasteiger partial charge >= 0.3 is 5.97 Å². The minimum atomic E-state index is -0.305. The normalized spacial score (nSPS) is 20.9. The van der Waals surface area contributed by atoms with E-state index in [-0.39, 0.29) is 11.8 Å². The predicted molar refractivity (Wildman–Crippen MR) is 29.2 cm³/mol. The summed E-state index contributed by atoms with van der Waals surface area (Å²) in [5, 5.41) is 0. The van der Waals surface area contributed by atoms with E-state index in [0.717, 1.165) is 6.61 Å². The number of hydrogen-bond donors (Lipinski definition) is 0. The molecule has 1 heterocycles. The average Bonchev–Trinajstić information content (AvgIpc) is 1.97. The number of carbonyl (C=O) groups is 2. The molecule has 0 aromatic carbocycles. The third-order valence-electron chi connectivity index (χ3n) is 1.13. The first-order valence-corrected chi connectivity index (χ1v) is 2.84. The summed E-state index contributed by atoms with van der Waals surface area (Å²) in [6.45, 7) is 0.995. The van der Waals surface area contributed by atoms with E-state index in [1.165, 1.54) is 0 Å². The van der Waals surface area contributed by atoms with Crippen molar-refractivity contribution in [2.75, 3.05) is 0 Å². The standard InChI is InChI=1S/C6H7O3/c7-5-2-1-3-6(8)9-4-5/h4H,1-3H2. The molecule has 1 aliphatic heterocycles. The molecule has 0 saturated carbocycles. The summed E-state index contributed by atoms with van der Waals surface area (Å²) in [6.07, 6.45) is 1.42. The molecule has 0 spiro atoms. The van der Waals surface area contributed by atoms with Crippen molar-refractivity contribution >= 4 is 11.8 Å². The molecule has 0 N–H and O–H groups in total. The second-order valence-electron chi connectivity index (χ2n) is 1.93. The Bertz CT molecular complexity index is 123. The fraction of sp³-hybridized carbons (Fsp3) is 0.500. The molecule has 0 atom stereocenters. The van der Waals surface area contributed by atoms with Crippen molar-refractivity contribution in [2.24, 2.45) is 0 Å². The van der Waals surface area contributed by atoms with Crippen molar-refractivity contribution in [3.63, 3.8) is 0 Å². The number of ether oxygens (including phenoxy) is 1. The Kier molecular flexibility index (Phi) is 1.82. The third kappa shape index (κ3) is 1.83. The summed E-state index contributed by atoms with van der Waals surface area (Å²) in [5.41, 5.74) is 0. The summed E-state index contributed by atoms with van der Waals surface area (Å²) in [5.74, 6) is -0.401. The molecular weight excluding hydrogens is 120 g/mol. The number of cyclic esters (lactones) is 1. The average molecular weight is 127 g/mol. The molecule has 1 rings (SSSR count). The van der Waals surface area contributed by atoms with Gasteiger partial charge < -0.3 is 4.74 Å². The van der Waals surface area contributed by atoms with Crippen LogP contribution >= 0.6 is 0 Å². The Hall–Kier alpha value is -0.860. The van der Waals surface area contributed by atoms with E-state index in [1.807, 2.05) is 0 Å². The van der Waals surface area contributed by atoms with Crippen molar-refractivity contribution < 1.29 is 14.3 Å². The van der Waals surface area contributed by atoms with Crippen LogP contribution in [-0.2, 0) is 14.3 Å². The van der Waals surface area contributed by atoms with Crippen LogP contribution in [0.2, 0.25) is 0 Å². The van der Waals surface area contributed by atoms with Crippen molar-refractivity contribution in [1.82, 2.24) is 0 Å². The van der Waals surface area contributed by atoms with Gasteiger partial charge in [0.15, 0.2) is 5.78 Å².